The van der Waals surface area contributed by atoms with E-state index in [0.717, 1.165) is 42.8 Å². The van der Waals surface area contributed by atoms with Gasteiger partial charge in [-0.2, -0.15) is 5.10 Å². The summed E-state index contributed by atoms with van der Waals surface area (Å²) in [4.78, 5) is 23.1. The number of H-pyrrole nitrogens is 1. The molecule has 2 aliphatic rings. The third-order valence-corrected chi connectivity index (χ3v) is 5.41. The zero-order valence-electron chi connectivity index (χ0n) is 14.7. The molecule has 1 atom stereocenters. The van der Waals surface area contributed by atoms with Crippen molar-refractivity contribution in [3.8, 4) is 0 Å². The average Bonchev–Trinajstić information content (AvgIpc) is 3.28. The number of fused-ring (bicyclic) bond motifs is 1. The Bertz CT molecular complexity index is 730. The number of amides is 1. The summed E-state index contributed by atoms with van der Waals surface area (Å²) in [6, 6.07) is -0.0267. The molecule has 2 N–H and O–H groups in total. The van der Waals surface area contributed by atoms with Crippen LogP contribution >= 0.6 is 0 Å². The third kappa shape index (κ3) is 3.33. The van der Waals surface area contributed by atoms with E-state index in [1.807, 2.05) is 19.4 Å². The molecule has 0 saturated heterocycles. The molecule has 1 unspecified atom stereocenters. The largest absolute Gasteiger partial charge is 0.348 e. The smallest absolute Gasteiger partial charge is 0.246 e. The number of aromatic amines is 1. The van der Waals surface area contributed by atoms with Crippen LogP contribution in [0.3, 0.4) is 0 Å². The molecule has 1 fully saturated rings. The topological polar surface area (TPSA) is 78.8 Å². The van der Waals surface area contributed by atoms with Crippen LogP contribution in [0.1, 0.15) is 55.1 Å². The Kier molecular flexibility index (Phi) is 4.57. The molecule has 7 heteroatoms. The van der Waals surface area contributed by atoms with Gasteiger partial charge in [0.05, 0.1) is 18.2 Å². The second-order valence-electron chi connectivity index (χ2n) is 7.18. The van der Waals surface area contributed by atoms with E-state index in [0.29, 0.717) is 12.6 Å². The fourth-order valence-corrected chi connectivity index (χ4v) is 4.12. The summed E-state index contributed by atoms with van der Waals surface area (Å²) >= 11 is 0. The third-order valence-electron chi connectivity index (χ3n) is 5.41. The van der Waals surface area contributed by atoms with E-state index >= 15 is 0 Å². The van der Waals surface area contributed by atoms with E-state index in [4.69, 9.17) is 0 Å². The van der Waals surface area contributed by atoms with E-state index < -0.39 is 0 Å². The lowest BCUT2D eigenvalue weighted by Crippen LogP contribution is -2.48. The molecule has 2 aromatic rings. The van der Waals surface area contributed by atoms with Crippen molar-refractivity contribution in [2.24, 2.45) is 7.05 Å². The van der Waals surface area contributed by atoms with Gasteiger partial charge in [0.15, 0.2) is 0 Å². The Balaban J connectivity index is 1.59. The normalized spacial score (nSPS) is 21.1. The zero-order chi connectivity index (χ0) is 17.2. The number of rotatable bonds is 4. The summed E-state index contributed by atoms with van der Waals surface area (Å²) < 4.78 is 1.80. The molecule has 134 valence electrons. The number of nitrogens with one attached hydrogen (secondary N) is 2. The van der Waals surface area contributed by atoms with Crippen molar-refractivity contribution in [2.45, 2.75) is 57.2 Å². The number of carbonyl (C=O) groups is 1. The van der Waals surface area contributed by atoms with Gasteiger partial charge in [0, 0.05) is 50.1 Å². The highest BCUT2D eigenvalue weighted by Crippen LogP contribution is 2.28. The molecule has 25 heavy (non-hydrogen) atoms. The predicted octanol–water partition coefficient (Wildman–Crippen LogP) is 1.69. The van der Waals surface area contributed by atoms with Crippen molar-refractivity contribution in [1.82, 2.24) is 30.0 Å². The SMILES string of the molecule is Cn1cc(CN(C(=O)C2NCCc3[nH]cnc32)C2CCCCC2)cn1. The molecule has 0 radical (unpaired) electrons. The Hall–Kier alpha value is -2.15. The zero-order valence-corrected chi connectivity index (χ0v) is 14.7. The molecule has 0 bridgehead atoms. The number of carbonyl (C=O) groups excluding carboxylic acids is 1. The maximum Gasteiger partial charge on any atom is 0.246 e. The molecule has 7 nitrogen and oxygen atoms in total. The first kappa shape index (κ1) is 16.3. The molecular weight excluding hydrogens is 316 g/mol. The van der Waals surface area contributed by atoms with Crippen molar-refractivity contribution >= 4 is 5.91 Å². The number of aromatic nitrogens is 4. The molecule has 1 saturated carbocycles. The lowest BCUT2D eigenvalue weighted by atomic mass is 9.92. The summed E-state index contributed by atoms with van der Waals surface area (Å²) in [7, 11) is 1.91. The molecule has 2 aromatic heterocycles. The van der Waals surface area contributed by atoms with Gasteiger partial charge in [0.2, 0.25) is 5.91 Å². The second kappa shape index (κ2) is 7.00. The summed E-state index contributed by atoms with van der Waals surface area (Å²) in [5, 5.41) is 7.64. The number of aryl methyl sites for hydroxylation is 1. The minimum absolute atomic E-state index is 0.142. The highest BCUT2D eigenvalue weighted by atomic mass is 16.2. The maximum absolute atomic E-state index is 13.5. The van der Waals surface area contributed by atoms with Crippen LogP contribution < -0.4 is 5.32 Å². The van der Waals surface area contributed by atoms with Gasteiger partial charge >= 0.3 is 0 Å². The van der Waals surface area contributed by atoms with E-state index in [-0.39, 0.29) is 11.9 Å². The fraction of sp³-hybridized carbons (Fsp3) is 0.611. The van der Waals surface area contributed by atoms with Crippen molar-refractivity contribution < 1.29 is 4.79 Å². The lowest BCUT2D eigenvalue weighted by molar-refractivity contribution is -0.137. The van der Waals surface area contributed by atoms with Crippen molar-refractivity contribution in [1.29, 1.82) is 0 Å². The van der Waals surface area contributed by atoms with Gasteiger partial charge in [-0.05, 0) is 12.8 Å². The monoisotopic (exact) mass is 342 g/mol. The molecule has 1 amide bonds. The van der Waals surface area contributed by atoms with Crippen LogP contribution in [0, 0.1) is 0 Å². The standard InChI is InChI=1S/C18H26N6O/c1-23-10-13(9-22-23)11-24(14-5-3-2-4-6-14)18(25)17-16-15(7-8-19-17)20-12-21-16/h9-10,12,14,17,19H,2-8,11H2,1H3,(H,20,21). The Morgan fingerprint density at radius 3 is 2.96 bits per heavy atom. The van der Waals surface area contributed by atoms with Crippen molar-refractivity contribution in [3.63, 3.8) is 0 Å². The van der Waals surface area contributed by atoms with Gasteiger partial charge in [-0.3, -0.25) is 9.48 Å². The van der Waals surface area contributed by atoms with Crippen LogP contribution in [0.4, 0.5) is 0 Å². The lowest BCUT2D eigenvalue weighted by Gasteiger charge is -2.37. The average molecular weight is 342 g/mol. The number of nitrogens with zero attached hydrogens (tertiary/aromatic N) is 4. The first-order valence-electron chi connectivity index (χ1n) is 9.26. The first-order chi connectivity index (χ1) is 12.2. The summed E-state index contributed by atoms with van der Waals surface area (Å²) in [5.74, 6) is 0.142. The fourth-order valence-electron chi connectivity index (χ4n) is 4.12. The van der Waals surface area contributed by atoms with Gasteiger partial charge in [-0.15, -0.1) is 0 Å². The second-order valence-corrected chi connectivity index (χ2v) is 7.18. The van der Waals surface area contributed by atoms with Crippen LogP contribution in [-0.4, -0.2) is 43.1 Å². The van der Waals surface area contributed by atoms with Gasteiger partial charge in [-0.1, -0.05) is 19.3 Å². The summed E-state index contributed by atoms with van der Waals surface area (Å²) in [6.07, 6.45) is 12.3. The highest BCUT2D eigenvalue weighted by Gasteiger charge is 2.35. The van der Waals surface area contributed by atoms with Crippen LogP contribution in [-0.2, 0) is 24.8 Å². The van der Waals surface area contributed by atoms with E-state index in [2.05, 4.69) is 25.3 Å². The van der Waals surface area contributed by atoms with Crippen molar-refractivity contribution in [3.05, 3.63) is 35.7 Å². The van der Waals surface area contributed by atoms with Crippen LogP contribution in [0.25, 0.3) is 0 Å². The van der Waals surface area contributed by atoms with E-state index in [1.54, 1.807) is 11.0 Å². The van der Waals surface area contributed by atoms with Gasteiger partial charge in [0.25, 0.3) is 0 Å². The molecule has 1 aliphatic heterocycles. The summed E-state index contributed by atoms with van der Waals surface area (Å²) in [5.41, 5.74) is 3.03. The molecule has 0 aromatic carbocycles. The molecular formula is C18H26N6O. The first-order valence-corrected chi connectivity index (χ1v) is 9.26. The van der Waals surface area contributed by atoms with Gasteiger partial charge in [0.1, 0.15) is 6.04 Å². The van der Waals surface area contributed by atoms with Crippen LogP contribution in [0.5, 0.6) is 0 Å². The highest BCUT2D eigenvalue weighted by molar-refractivity contribution is 5.83. The van der Waals surface area contributed by atoms with Crippen molar-refractivity contribution in [2.75, 3.05) is 6.54 Å². The number of hydrogen-bond donors (Lipinski definition) is 2. The maximum atomic E-state index is 13.5. The Labute approximate surface area is 147 Å². The molecule has 0 spiro atoms. The minimum atomic E-state index is -0.339. The molecule has 1 aliphatic carbocycles. The summed E-state index contributed by atoms with van der Waals surface area (Å²) in [6.45, 7) is 1.42. The van der Waals surface area contributed by atoms with E-state index in [9.17, 15) is 4.79 Å². The Morgan fingerprint density at radius 1 is 1.36 bits per heavy atom. The molecule has 4 rings (SSSR count). The van der Waals surface area contributed by atoms with E-state index in [1.165, 1.54) is 19.3 Å². The van der Waals surface area contributed by atoms with Gasteiger partial charge < -0.3 is 15.2 Å². The number of imidazole rings is 1. The predicted molar refractivity (Wildman–Crippen MR) is 93.7 cm³/mol. The number of hydrogen-bond acceptors (Lipinski definition) is 4. The quantitative estimate of drug-likeness (QED) is 0.886. The van der Waals surface area contributed by atoms with Gasteiger partial charge in [-0.25, -0.2) is 4.98 Å². The van der Waals surface area contributed by atoms with Crippen LogP contribution in [0.15, 0.2) is 18.7 Å². The molecule has 3 heterocycles. The Morgan fingerprint density at radius 2 is 2.20 bits per heavy atom. The van der Waals surface area contributed by atoms with Crippen LogP contribution in [0.2, 0.25) is 0 Å². The minimum Gasteiger partial charge on any atom is -0.348 e.